The van der Waals surface area contributed by atoms with Gasteiger partial charge in [-0.25, -0.2) is 9.59 Å². The van der Waals surface area contributed by atoms with Crippen LogP contribution in [0.15, 0.2) is 17.5 Å². The molecule has 5 nitrogen and oxygen atoms in total. The van der Waals surface area contributed by atoms with E-state index in [0.29, 0.717) is 13.0 Å². The van der Waals surface area contributed by atoms with Crippen molar-refractivity contribution in [3.63, 3.8) is 0 Å². The predicted octanol–water partition coefficient (Wildman–Crippen LogP) is 2.28. The van der Waals surface area contributed by atoms with Gasteiger partial charge in [0, 0.05) is 30.9 Å². The minimum Gasteiger partial charge on any atom is -0.480 e. The number of hydrogen-bond donors (Lipinski definition) is 1. The lowest BCUT2D eigenvalue weighted by Crippen LogP contribution is -2.49. The summed E-state index contributed by atoms with van der Waals surface area (Å²) in [6, 6.07) is 3.25. The predicted molar refractivity (Wildman–Crippen MR) is 78.0 cm³/mol. The number of aliphatic carboxylic acids is 1. The van der Waals surface area contributed by atoms with Crippen molar-refractivity contribution in [2.75, 3.05) is 13.6 Å². The number of amides is 2. The SMILES string of the molecule is CC(Cc1cccs1)N(C)C(=O)N1CCCC1C(=O)O. The van der Waals surface area contributed by atoms with Crippen LogP contribution in [-0.4, -0.2) is 52.6 Å². The van der Waals surface area contributed by atoms with Crippen LogP contribution in [0, 0.1) is 0 Å². The highest BCUT2D eigenvalue weighted by Gasteiger charge is 2.36. The first-order chi connectivity index (χ1) is 9.50. The standard InChI is InChI=1S/C14H20N2O3S/c1-10(9-11-5-4-8-20-11)15(2)14(19)16-7-3-6-12(16)13(17)18/h4-5,8,10,12H,3,6-7,9H2,1-2H3,(H,17,18). The maximum absolute atomic E-state index is 12.4. The molecule has 1 aliphatic rings. The zero-order chi connectivity index (χ0) is 14.7. The van der Waals surface area contributed by atoms with Crippen molar-refractivity contribution >= 4 is 23.3 Å². The molecule has 2 rings (SSSR count). The Morgan fingerprint density at radius 1 is 1.60 bits per heavy atom. The van der Waals surface area contributed by atoms with Gasteiger partial charge in [-0.05, 0) is 31.2 Å². The number of nitrogens with zero attached hydrogens (tertiary/aromatic N) is 2. The average Bonchev–Trinajstić information content (AvgIpc) is 3.07. The van der Waals surface area contributed by atoms with Crippen LogP contribution in [0.25, 0.3) is 0 Å². The number of carboxylic acid groups (broad SMARTS) is 1. The molecule has 1 aromatic heterocycles. The monoisotopic (exact) mass is 296 g/mol. The second-order valence-electron chi connectivity index (χ2n) is 5.22. The van der Waals surface area contributed by atoms with Gasteiger partial charge < -0.3 is 14.9 Å². The molecule has 1 N–H and O–H groups in total. The molecule has 2 atom stereocenters. The van der Waals surface area contributed by atoms with E-state index in [-0.39, 0.29) is 12.1 Å². The Kier molecular flexibility index (Phi) is 4.65. The maximum Gasteiger partial charge on any atom is 0.326 e. The highest BCUT2D eigenvalue weighted by Crippen LogP contribution is 2.21. The molecule has 20 heavy (non-hydrogen) atoms. The van der Waals surface area contributed by atoms with Crippen LogP contribution in [0.3, 0.4) is 0 Å². The van der Waals surface area contributed by atoms with Crippen molar-refractivity contribution in [3.8, 4) is 0 Å². The average molecular weight is 296 g/mol. The topological polar surface area (TPSA) is 60.9 Å². The van der Waals surface area contributed by atoms with E-state index in [0.717, 1.165) is 12.8 Å². The van der Waals surface area contributed by atoms with E-state index in [1.165, 1.54) is 9.78 Å². The lowest BCUT2D eigenvalue weighted by Gasteiger charge is -2.31. The van der Waals surface area contributed by atoms with Crippen molar-refractivity contribution in [3.05, 3.63) is 22.4 Å². The van der Waals surface area contributed by atoms with Crippen LogP contribution < -0.4 is 0 Å². The van der Waals surface area contributed by atoms with Crippen LogP contribution in [0.2, 0.25) is 0 Å². The van der Waals surface area contributed by atoms with E-state index < -0.39 is 12.0 Å². The number of thiophene rings is 1. The number of likely N-dealkylation sites (tertiary alicyclic amines) is 1. The Morgan fingerprint density at radius 3 is 2.95 bits per heavy atom. The van der Waals surface area contributed by atoms with Gasteiger partial charge in [-0.15, -0.1) is 11.3 Å². The molecule has 0 spiro atoms. The van der Waals surface area contributed by atoms with Crippen LogP contribution in [0.5, 0.6) is 0 Å². The summed E-state index contributed by atoms with van der Waals surface area (Å²) in [7, 11) is 1.75. The zero-order valence-electron chi connectivity index (χ0n) is 11.8. The van der Waals surface area contributed by atoms with Gasteiger partial charge in [0.25, 0.3) is 0 Å². The largest absolute Gasteiger partial charge is 0.480 e. The van der Waals surface area contributed by atoms with Gasteiger partial charge in [0.15, 0.2) is 0 Å². The minimum atomic E-state index is -0.907. The number of carbonyl (C=O) groups is 2. The lowest BCUT2D eigenvalue weighted by atomic mass is 10.2. The molecule has 6 heteroatoms. The summed E-state index contributed by atoms with van der Waals surface area (Å²) >= 11 is 1.67. The van der Waals surface area contributed by atoms with E-state index >= 15 is 0 Å². The van der Waals surface area contributed by atoms with E-state index in [4.69, 9.17) is 5.11 Å². The highest BCUT2D eigenvalue weighted by molar-refractivity contribution is 7.09. The third-order valence-electron chi connectivity index (χ3n) is 3.82. The first-order valence-corrected chi connectivity index (χ1v) is 7.67. The van der Waals surface area contributed by atoms with Gasteiger partial charge in [0.1, 0.15) is 6.04 Å². The van der Waals surface area contributed by atoms with Crippen LogP contribution in [0.1, 0.15) is 24.6 Å². The lowest BCUT2D eigenvalue weighted by molar-refractivity contribution is -0.141. The van der Waals surface area contributed by atoms with Crippen molar-refractivity contribution in [1.29, 1.82) is 0 Å². The molecule has 0 bridgehead atoms. The van der Waals surface area contributed by atoms with Crippen molar-refractivity contribution in [2.24, 2.45) is 0 Å². The van der Waals surface area contributed by atoms with Crippen molar-refractivity contribution in [1.82, 2.24) is 9.80 Å². The molecule has 110 valence electrons. The molecule has 0 saturated carbocycles. The smallest absolute Gasteiger partial charge is 0.326 e. The van der Waals surface area contributed by atoms with Gasteiger partial charge in [0.2, 0.25) is 0 Å². The Morgan fingerprint density at radius 2 is 2.35 bits per heavy atom. The van der Waals surface area contributed by atoms with Gasteiger partial charge >= 0.3 is 12.0 Å². The van der Waals surface area contributed by atoms with E-state index in [9.17, 15) is 9.59 Å². The molecule has 2 unspecified atom stereocenters. The number of hydrogen-bond acceptors (Lipinski definition) is 3. The number of carboxylic acids is 1. The van der Waals surface area contributed by atoms with Crippen molar-refractivity contribution < 1.29 is 14.7 Å². The molecule has 2 amide bonds. The summed E-state index contributed by atoms with van der Waals surface area (Å²) in [4.78, 5) is 27.9. The molecular weight excluding hydrogens is 276 g/mol. The Labute approximate surface area is 122 Å². The summed E-state index contributed by atoms with van der Waals surface area (Å²) in [6.45, 7) is 2.52. The van der Waals surface area contributed by atoms with Crippen LogP contribution >= 0.6 is 11.3 Å². The van der Waals surface area contributed by atoms with Gasteiger partial charge in [-0.1, -0.05) is 6.07 Å². The molecular formula is C14H20N2O3S. The molecule has 1 aliphatic heterocycles. The molecule has 1 saturated heterocycles. The second kappa shape index (κ2) is 6.26. The Bertz CT molecular complexity index is 475. The number of urea groups is 1. The van der Waals surface area contributed by atoms with E-state index in [1.807, 2.05) is 18.4 Å². The zero-order valence-corrected chi connectivity index (χ0v) is 12.6. The van der Waals surface area contributed by atoms with Gasteiger partial charge in [-0.3, -0.25) is 0 Å². The summed E-state index contributed by atoms with van der Waals surface area (Å²) < 4.78 is 0. The first kappa shape index (κ1) is 14.8. The third-order valence-corrected chi connectivity index (χ3v) is 4.72. The van der Waals surface area contributed by atoms with Crippen molar-refractivity contribution in [2.45, 2.75) is 38.3 Å². The minimum absolute atomic E-state index is 0.0520. The fraction of sp³-hybridized carbons (Fsp3) is 0.571. The number of likely N-dealkylation sites (N-methyl/N-ethyl adjacent to an activating group) is 1. The summed E-state index contributed by atoms with van der Waals surface area (Å²) in [5.74, 6) is -0.907. The van der Waals surface area contributed by atoms with Gasteiger partial charge in [-0.2, -0.15) is 0 Å². The molecule has 0 aliphatic carbocycles. The molecule has 0 aromatic carbocycles. The summed E-state index contributed by atoms with van der Waals surface area (Å²) in [6.07, 6.45) is 2.11. The normalized spacial score (nSPS) is 19.9. The van der Waals surface area contributed by atoms with Gasteiger partial charge in [0.05, 0.1) is 0 Å². The Balaban J connectivity index is 1.99. The third kappa shape index (κ3) is 3.12. The fourth-order valence-corrected chi connectivity index (χ4v) is 3.33. The Hall–Kier alpha value is -1.56. The van der Waals surface area contributed by atoms with E-state index in [1.54, 1.807) is 23.3 Å². The van der Waals surface area contributed by atoms with Crippen LogP contribution in [-0.2, 0) is 11.2 Å². The number of rotatable bonds is 4. The maximum atomic E-state index is 12.4. The summed E-state index contributed by atoms with van der Waals surface area (Å²) in [5.41, 5.74) is 0. The molecule has 2 heterocycles. The molecule has 0 radical (unpaired) electrons. The molecule has 1 aromatic rings. The number of carbonyl (C=O) groups excluding carboxylic acids is 1. The highest BCUT2D eigenvalue weighted by atomic mass is 32.1. The second-order valence-corrected chi connectivity index (χ2v) is 6.25. The molecule has 1 fully saturated rings. The summed E-state index contributed by atoms with van der Waals surface area (Å²) in [5, 5.41) is 11.2. The van der Waals surface area contributed by atoms with Crippen LogP contribution in [0.4, 0.5) is 4.79 Å². The van der Waals surface area contributed by atoms with E-state index in [2.05, 4.69) is 6.07 Å². The quantitative estimate of drug-likeness (QED) is 0.927. The fourth-order valence-electron chi connectivity index (χ4n) is 2.50. The first-order valence-electron chi connectivity index (χ1n) is 6.79.